The average molecular weight is 237 g/mol. The van der Waals surface area contributed by atoms with E-state index in [-0.39, 0.29) is 24.0 Å². The van der Waals surface area contributed by atoms with Crippen LogP contribution in [0.3, 0.4) is 0 Å². The summed E-state index contributed by atoms with van der Waals surface area (Å²) in [6.45, 7) is 2.26. The van der Waals surface area contributed by atoms with Gasteiger partial charge < -0.3 is 15.4 Å². The standard InChI is InChI=1S/C12H19N3O2/c13-7-9-2-1-3-11(9)15-12(16)6-10-8-14-4-5-17-10/h9-11,14H,1-6,8H2,(H,15,16). The minimum Gasteiger partial charge on any atom is -0.375 e. The summed E-state index contributed by atoms with van der Waals surface area (Å²) in [5.74, 6) is -0.00445. The minimum atomic E-state index is -0.0225. The first-order valence-corrected chi connectivity index (χ1v) is 6.31. The molecule has 5 heteroatoms. The van der Waals surface area contributed by atoms with Crippen molar-refractivity contribution in [2.45, 2.75) is 37.8 Å². The number of carbonyl (C=O) groups is 1. The average Bonchev–Trinajstić information content (AvgIpc) is 2.77. The van der Waals surface area contributed by atoms with Gasteiger partial charge in [0.1, 0.15) is 0 Å². The summed E-state index contributed by atoms with van der Waals surface area (Å²) in [5.41, 5.74) is 0. The molecule has 0 aromatic rings. The molecule has 1 aliphatic carbocycles. The monoisotopic (exact) mass is 237 g/mol. The van der Waals surface area contributed by atoms with Crippen molar-refractivity contribution in [1.29, 1.82) is 5.26 Å². The van der Waals surface area contributed by atoms with Crippen LogP contribution in [0.15, 0.2) is 0 Å². The number of carbonyl (C=O) groups excluding carboxylic acids is 1. The molecule has 0 aromatic carbocycles. The van der Waals surface area contributed by atoms with Gasteiger partial charge in [0, 0.05) is 19.1 Å². The summed E-state index contributed by atoms with van der Waals surface area (Å²) >= 11 is 0. The third-order valence-electron chi connectivity index (χ3n) is 3.45. The number of nitriles is 1. The molecule has 1 aliphatic heterocycles. The minimum absolute atomic E-state index is 0.00542. The Labute approximate surface area is 102 Å². The number of hydrogen-bond acceptors (Lipinski definition) is 4. The Bertz CT molecular complexity index is 307. The Hall–Kier alpha value is -1.12. The second-order valence-electron chi connectivity index (χ2n) is 4.74. The molecule has 17 heavy (non-hydrogen) atoms. The summed E-state index contributed by atoms with van der Waals surface area (Å²) in [6, 6.07) is 2.31. The second kappa shape index (κ2) is 5.99. The van der Waals surface area contributed by atoms with Crippen LogP contribution in [0.5, 0.6) is 0 Å². The van der Waals surface area contributed by atoms with Crippen LogP contribution < -0.4 is 10.6 Å². The molecule has 3 unspecified atom stereocenters. The van der Waals surface area contributed by atoms with Gasteiger partial charge in [0.25, 0.3) is 0 Å². The molecule has 1 saturated carbocycles. The molecular formula is C12H19N3O2. The second-order valence-corrected chi connectivity index (χ2v) is 4.74. The lowest BCUT2D eigenvalue weighted by Gasteiger charge is -2.24. The zero-order valence-corrected chi connectivity index (χ0v) is 9.95. The van der Waals surface area contributed by atoms with Crippen molar-refractivity contribution in [1.82, 2.24) is 10.6 Å². The highest BCUT2D eigenvalue weighted by Crippen LogP contribution is 2.24. The molecule has 2 fully saturated rings. The van der Waals surface area contributed by atoms with E-state index in [1.54, 1.807) is 0 Å². The molecule has 2 N–H and O–H groups in total. The predicted octanol–water partition coefficient (Wildman–Crippen LogP) is 0.173. The van der Waals surface area contributed by atoms with Crippen molar-refractivity contribution in [2.75, 3.05) is 19.7 Å². The summed E-state index contributed by atoms with van der Waals surface area (Å²) in [6.07, 6.45) is 3.23. The molecule has 1 saturated heterocycles. The summed E-state index contributed by atoms with van der Waals surface area (Å²) < 4.78 is 5.48. The molecule has 3 atom stereocenters. The van der Waals surface area contributed by atoms with Gasteiger partial charge >= 0.3 is 0 Å². The van der Waals surface area contributed by atoms with Gasteiger partial charge in [-0.15, -0.1) is 0 Å². The van der Waals surface area contributed by atoms with E-state index >= 15 is 0 Å². The van der Waals surface area contributed by atoms with Gasteiger partial charge in [-0.25, -0.2) is 0 Å². The highest BCUT2D eigenvalue weighted by Gasteiger charge is 2.29. The zero-order chi connectivity index (χ0) is 12.1. The number of nitrogens with zero attached hydrogens (tertiary/aromatic N) is 1. The summed E-state index contributed by atoms with van der Waals surface area (Å²) in [5, 5.41) is 15.1. The van der Waals surface area contributed by atoms with E-state index in [0.717, 1.165) is 32.4 Å². The van der Waals surface area contributed by atoms with E-state index in [1.165, 1.54) is 0 Å². The van der Waals surface area contributed by atoms with Crippen LogP contribution in [-0.2, 0) is 9.53 Å². The van der Waals surface area contributed by atoms with Gasteiger partial charge in [-0.2, -0.15) is 5.26 Å². The number of nitrogens with one attached hydrogen (secondary N) is 2. The summed E-state index contributed by atoms with van der Waals surface area (Å²) in [4.78, 5) is 11.8. The van der Waals surface area contributed by atoms with Crippen LogP contribution in [0, 0.1) is 17.2 Å². The van der Waals surface area contributed by atoms with Gasteiger partial charge in [0.05, 0.1) is 31.1 Å². The molecular weight excluding hydrogens is 218 g/mol. The summed E-state index contributed by atoms with van der Waals surface area (Å²) in [7, 11) is 0. The number of hydrogen-bond donors (Lipinski definition) is 2. The SMILES string of the molecule is N#CC1CCCC1NC(=O)CC1CNCCO1. The predicted molar refractivity (Wildman–Crippen MR) is 62.1 cm³/mol. The topological polar surface area (TPSA) is 74.2 Å². The van der Waals surface area contributed by atoms with Crippen molar-refractivity contribution in [3.05, 3.63) is 0 Å². The maximum atomic E-state index is 11.8. The van der Waals surface area contributed by atoms with E-state index in [4.69, 9.17) is 10.00 Å². The van der Waals surface area contributed by atoms with Crippen molar-refractivity contribution in [3.63, 3.8) is 0 Å². The van der Waals surface area contributed by atoms with Gasteiger partial charge in [-0.3, -0.25) is 4.79 Å². The normalized spacial score (nSPS) is 33.0. The highest BCUT2D eigenvalue weighted by atomic mass is 16.5. The lowest BCUT2D eigenvalue weighted by atomic mass is 10.1. The first-order valence-electron chi connectivity index (χ1n) is 6.31. The molecule has 0 aromatic heterocycles. The van der Waals surface area contributed by atoms with Crippen molar-refractivity contribution < 1.29 is 9.53 Å². The van der Waals surface area contributed by atoms with E-state index < -0.39 is 0 Å². The van der Waals surface area contributed by atoms with Crippen molar-refractivity contribution >= 4 is 5.91 Å². The molecule has 0 spiro atoms. The fraction of sp³-hybridized carbons (Fsp3) is 0.833. The molecule has 1 amide bonds. The van der Waals surface area contributed by atoms with Crippen LogP contribution in [0.2, 0.25) is 0 Å². The molecule has 1 heterocycles. The molecule has 5 nitrogen and oxygen atoms in total. The third kappa shape index (κ3) is 3.42. The number of rotatable bonds is 3. The Morgan fingerprint density at radius 3 is 3.12 bits per heavy atom. The molecule has 2 rings (SSSR count). The third-order valence-corrected chi connectivity index (χ3v) is 3.45. The van der Waals surface area contributed by atoms with Gasteiger partial charge in [0.15, 0.2) is 0 Å². The van der Waals surface area contributed by atoms with Crippen molar-refractivity contribution in [3.8, 4) is 6.07 Å². The lowest BCUT2D eigenvalue weighted by molar-refractivity contribution is -0.125. The van der Waals surface area contributed by atoms with Crippen LogP contribution in [0.4, 0.5) is 0 Å². The van der Waals surface area contributed by atoms with Crippen LogP contribution in [-0.4, -0.2) is 37.7 Å². The number of amides is 1. The van der Waals surface area contributed by atoms with E-state index in [0.29, 0.717) is 13.0 Å². The molecule has 0 radical (unpaired) electrons. The molecule has 2 aliphatic rings. The Morgan fingerprint density at radius 2 is 2.41 bits per heavy atom. The maximum Gasteiger partial charge on any atom is 0.222 e. The smallest absolute Gasteiger partial charge is 0.222 e. The largest absolute Gasteiger partial charge is 0.375 e. The van der Waals surface area contributed by atoms with Crippen LogP contribution in [0.25, 0.3) is 0 Å². The van der Waals surface area contributed by atoms with Gasteiger partial charge in [-0.05, 0) is 19.3 Å². The number of morpholine rings is 1. The quantitative estimate of drug-likeness (QED) is 0.734. The van der Waals surface area contributed by atoms with Crippen LogP contribution >= 0.6 is 0 Å². The first kappa shape index (κ1) is 12.3. The van der Waals surface area contributed by atoms with Gasteiger partial charge in [-0.1, -0.05) is 0 Å². The van der Waals surface area contributed by atoms with Crippen molar-refractivity contribution in [2.24, 2.45) is 5.92 Å². The highest BCUT2D eigenvalue weighted by molar-refractivity contribution is 5.77. The van der Waals surface area contributed by atoms with E-state index in [1.807, 2.05) is 0 Å². The maximum absolute atomic E-state index is 11.8. The Morgan fingerprint density at radius 1 is 1.53 bits per heavy atom. The Balaban J connectivity index is 1.75. The van der Waals surface area contributed by atoms with E-state index in [9.17, 15) is 4.79 Å². The number of ether oxygens (including phenoxy) is 1. The fourth-order valence-corrected chi connectivity index (χ4v) is 2.51. The Kier molecular flexibility index (Phi) is 4.35. The van der Waals surface area contributed by atoms with Gasteiger partial charge in [0.2, 0.25) is 5.91 Å². The first-order chi connectivity index (χ1) is 8.29. The fourth-order valence-electron chi connectivity index (χ4n) is 2.51. The van der Waals surface area contributed by atoms with E-state index in [2.05, 4.69) is 16.7 Å². The van der Waals surface area contributed by atoms with Crippen LogP contribution in [0.1, 0.15) is 25.7 Å². The lowest BCUT2D eigenvalue weighted by Crippen LogP contribution is -2.44. The molecule has 94 valence electrons. The zero-order valence-electron chi connectivity index (χ0n) is 9.95. The molecule has 0 bridgehead atoms.